The molecule has 1 N–H and O–H groups in total. The van der Waals surface area contributed by atoms with Crippen molar-refractivity contribution in [3.05, 3.63) is 36.7 Å². The van der Waals surface area contributed by atoms with Crippen molar-refractivity contribution in [2.45, 2.75) is 31.9 Å². The van der Waals surface area contributed by atoms with Crippen molar-refractivity contribution in [3.63, 3.8) is 0 Å². The number of hydrogen-bond acceptors (Lipinski definition) is 4. The van der Waals surface area contributed by atoms with Crippen molar-refractivity contribution in [2.75, 3.05) is 33.7 Å². The molecule has 0 spiro atoms. The fraction of sp³-hybridized carbons (Fsp3) is 0.526. The number of piperidine rings is 1. The number of ether oxygens (including phenoxy) is 1. The van der Waals surface area contributed by atoms with Gasteiger partial charge in [-0.2, -0.15) is 0 Å². The summed E-state index contributed by atoms with van der Waals surface area (Å²) in [7, 11) is 4.15. The quantitative estimate of drug-likeness (QED) is 0.794. The van der Waals surface area contributed by atoms with Crippen molar-refractivity contribution >= 4 is 0 Å². The summed E-state index contributed by atoms with van der Waals surface area (Å²) in [5, 5.41) is 3.19. The summed E-state index contributed by atoms with van der Waals surface area (Å²) in [5.74, 6) is 1.98. The number of likely N-dealkylation sites (tertiary alicyclic amines) is 1. The van der Waals surface area contributed by atoms with Gasteiger partial charge in [-0.3, -0.25) is 0 Å². The summed E-state index contributed by atoms with van der Waals surface area (Å²) in [6.45, 7) is 4.23. The molecule has 1 fully saturated rings. The molecule has 1 aromatic carbocycles. The molecule has 1 aliphatic rings. The minimum atomic E-state index is 0.343. The Kier molecular flexibility index (Phi) is 5.88. The first kappa shape index (κ1) is 17.0. The number of imidazole rings is 1. The van der Waals surface area contributed by atoms with Gasteiger partial charge in [0.15, 0.2) is 0 Å². The van der Waals surface area contributed by atoms with Gasteiger partial charge in [0.2, 0.25) is 0 Å². The summed E-state index contributed by atoms with van der Waals surface area (Å²) < 4.78 is 8.34. The highest BCUT2D eigenvalue weighted by Crippen LogP contribution is 2.23. The Morgan fingerprint density at radius 3 is 2.67 bits per heavy atom. The molecule has 0 atom stereocenters. The summed E-state index contributed by atoms with van der Waals surface area (Å²) in [6.07, 6.45) is 7.57. The highest BCUT2D eigenvalue weighted by Gasteiger charge is 2.18. The van der Waals surface area contributed by atoms with E-state index in [0.717, 1.165) is 62.6 Å². The van der Waals surface area contributed by atoms with Crippen LogP contribution in [0, 0.1) is 0 Å². The smallest absolute Gasteiger partial charge is 0.139 e. The Morgan fingerprint density at radius 2 is 1.96 bits per heavy atom. The van der Waals surface area contributed by atoms with Crippen LogP contribution in [0.1, 0.15) is 19.3 Å². The second-order valence-corrected chi connectivity index (χ2v) is 6.55. The number of aryl methyl sites for hydroxylation is 1. The van der Waals surface area contributed by atoms with Gasteiger partial charge in [0.05, 0.1) is 0 Å². The van der Waals surface area contributed by atoms with Crippen LogP contribution < -0.4 is 10.1 Å². The first-order valence-electron chi connectivity index (χ1n) is 8.87. The van der Waals surface area contributed by atoms with E-state index in [1.54, 1.807) is 0 Å². The zero-order valence-electron chi connectivity index (χ0n) is 14.7. The molecule has 1 aliphatic heterocycles. The van der Waals surface area contributed by atoms with Crippen molar-refractivity contribution in [2.24, 2.45) is 0 Å². The third-order valence-electron chi connectivity index (χ3n) is 4.62. The lowest BCUT2D eigenvalue weighted by Crippen LogP contribution is -2.35. The average molecular weight is 328 g/mol. The first-order valence-corrected chi connectivity index (χ1v) is 8.87. The largest absolute Gasteiger partial charge is 0.490 e. The van der Waals surface area contributed by atoms with Gasteiger partial charge in [0.1, 0.15) is 17.7 Å². The molecule has 2 heterocycles. The summed E-state index contributed by atoms with van der Waals surface area (Å²) in [5.41, 5.74) is 1.14. The summed E-state index contributed by atoms with van der Waals surface area (Å²) in [4.78, 5) is 6.87. The topological polar surface area (TPSA) is 42.3 Å². The number of nitrogens with one attached hydrogen (secondary N) is 1. The number of rotatable bonds is 7. The van der Waals surface area contributed by atoms with E-state index in [-0.39, 0.29) is 0 Å². The lowest BCUT2D eigenvalue weighted by atomic mass is 10.1. The fourth-order valence-electron chi connectivity index (χ4n) is 3.15. The first-order chi connectivity index (χ1) is 11.8. The standard InChI is InChI=1S/C19H28N4O/c1-20-10-3-12-23-15-11-21-19(23)16-4-6-17(7-5-16)24-18-8-13-22(2)14-9-18/h4-7,11,15,18,20H,3,8-10,12-14H2,1-2H3. The van der Waals surface area contributed by atoms with E-state index < -0.39 is 0 Å². The molecule has 0 amide bonds. The van der Waals surface area contributed by atoms with Crippen LogP contribution >= 0.6 is 0 Å². The van der Waals surface area contributed by atoms with Crippen LogP contribution in [0.5, 0.6) is 5.75 Å². The van der Waals surface area contributed by atoms with Gasteiger partial charge in [0.25, 0.3) is 0 Å². The molecule has 5 heteroatoms. The average Bonchev–Trinajstić information content (AvgIpc) is 3.06. The Balaban J connectivity index is 1.61. The van der Waals surface area contributed by atoms with Crippen LogP contribution in [0.25, 0.3) is 11.4 Å². The SMILES string of the molecule is CNCCCn1ccnc1-c1ccc(OC2CCN(C)CC2)cc1. The van der Waals surface area contributed by atoms with Gasteiger partial charge in [-0.05, 0) is 64.2 Å². The molecule has 3 rings (SSSR count). The second kappa shape index (κ2) is 8.31. The minimum absolute atomic E-state index is 0.343. The van der Waals surface area contributed by atoms with E-state index >= 15 is 0 Å². The number of nitrogens with zero attached hydrogens (tertiary/aromatic N) is 3. The Bertz CT molecular complexity index is 615. The van der Waals surface area contributed by atoms with Crippen LogP contribution in [0.2, 0.25) is 0 Å². The van der Waals surface area contributed by atoms with Crippen molar-refractivity contribution in [1.29, 1.82) is 0 Å². The molecule has 2 aromatic rings. The van der Waals surface area contributed by atoms with Crippen LogP contribution in [-0.4, -0.2) is 54.3 Å². The van der Waals surface area contributed by atoms with E-state index in [4.69, 9.17) is 4.74 Å². The number of hydrogen-bond donors (Lipinski definition) is 1. The van der Waals surface area contributed by atoms with E-state index in [1.807, 2.05) is 19.4 Å². The van der Waals surface area contributed by atoms with E-state index in [0.29, 0.717) is 6.10 Å². The predicted molar refractivity (Wildman–Crippen MR) is 97.4 cm³/mol. The molecule has 0 saturated carbocycles. The molecule has 0 unspecified atom stereocenters. The third kappa shape index (κ3) is 4.36. The lowest BCUT2D eigenvalue weighted by Gasteiger charge is -2.29. The van der Waals surface area contributed by atoms with Gasteiger partial charge in [-0.15, -0.1) is 0 Å². The molecular weight excluding hydrogens is 300 g/mol. The molecule has 0 aliphatic carbocycles. The highest BCUT2D eigenvalue weighted by atomic mass is 16.5. The molecule has 1 aromatic heterocycles. The predicted octanol–water partition coefficient (Wildman–Crippen LogP) is 2.63. The highest BCUT2D eigenvalue weighted by molar-refractivity contribution is 5.56. The van der Waals surface area contributed by atoms with Crippen molar-refractivity contribution < 1.29 is 4.74 Å². The maximum absolute atomic E-state index is 6.12. The molecule has 24 heavy (non-hydrogen) atoms. The molecule has 0 radical (unpaired) electrons. The summed E-state index contributed by atoms with van der Waals surface area (Å²) >= 11 is 0. The van der Waals surface area contributed by atoms with Gasteiger partial charge in [-0.25, -0.2) is 4.98 Å². The lowest BCUT2D eigenvalue weighted by molar-refractivity contribution is 0.114. The Hall–Kier alpha value is -1.85. The van der Waals surface area contributed by atoms with E-state index in [1.165, 1.54) is 0 Å². The van der Waals surface area contributed by atoms with Crippen LogP contribution in [-0.2, 0) is 6.54 Å². The Labute approximate surface area is 144 Å². The maximum atomic E-state index is 6.12. The molecule has 0 bridgehead atoms. The van der Waals surface area contributed by atoms with Crippen LogP contribution in [0.15, 0.2) is 36.7 Å². The van der Waals surface area contributed by atoms with Crippen LogP contribution in [0.3, 0.4) is 0 Å². The van der Waals surface area contributed by atoms with E-state index in [9.17, 15) is 0 Å². The minimum Gasteiger partial charge on any atom is -0.490 e. The Morgan fingerprint density at radius 1 is 1.21 bits per heavy atom. The zero-order chi connectivity index (χ0) is 16.8. The normalized spacial score (nSPS) is 16.4. The molecule has 1 saturated heterocycles. The van der Waals surface area contributed by atoms with Gasteiger partial charge in [-0.1, -0.05) is 0 Å². The number of aromatic nitrogens is 2. The second-order valence-electron chi connectivity index (χ2n) is 6.55. The molecule has 130 valence electrons. The number of benzene rings is 1. The van der Waals surface area contributed by atoms with E-state index in [2.05, 4.69) is 51.1 Å². The van der Waals surface area contributed by atoms with Gasteiger partial charge in [0, 0.05) is 37.6 Å². The third-order valence-corrected chi connectivity index (χ3v) is 4.62. The van der Waals surface area contributed by atoms with Crippen LogP contribution in [0.4, 0.5) is 0 Å². The van der Waals surface area contributed by atoms with Crippen molar-refractivity contribution in [1.82, 2.24) is 19.8 Å². The van der Waals surface area contributed by atoms with Gasteiger partial charge >= 0.3 is 0 Å². The molecule has 5 nitrogen and oxygen atoms in total. The molecular formula is C19H28N4O. The van der Waals surface area contributed by atoms with Gasteiger partial charge < -0.3 is 19.5 Å². The zero-order valence-corrected chi connectivity index (χ0v) is 14.7. The van der Waals surface area contributed by atoms with Crippen molar-refractivity contribution in [3.8, 4) is 17.1 Å². The maximum Gasteiger partial charge on any atom is 0.139 e. The monoisotopic (exact) mass is 328 g/mol. The summed E-state index contributed by atoms with van der Waals surface area (Å²) in [6, 6.07) is 8.36. The fourth-order valence-corrected chi connectivity index (χ4v) is 3.15.